The molecule has 0 fully saturated rings. The standard InChI is InChI=1S/C20H16Cl2N4O3/c1-12(29-16-7-3-6-15(21)18(16)22)19(27)25-14-5-2-4-13(10-14)20(28)26-17-11-23-8-9-24-17/h2-12H,1H3,(H,25,27)(H,24,26,28). The molecule has 0 aliphatic heterocycles. The fourth-order valence-corrected chi connectivity index (χ4v) is 2.69. The van der Waals surface area contributed by atoms with Crippen LogP contribution >= 0.6 is 23.2 Å². The quantitative estimate of drug-likeness (QED) is 0.602. The zero-order chi connectivity index (χ0) is 20.8. The smallest absolute Gasteiger partial charge is 0.265 e. The molecular formula is C20H16Cl2N4O3. The van der Waals surface area contributed by atoms with Gasteiger partial charge in [-0.05, 0) is 37.3 Å². The Balaban J connectivity index is 1.65. The Morgan fingerprint density at radius 1 is 1.07 bits per heavy atom. The maximum Gasteiger partial charge on any atom is 0.265 e. The zero-order valence-electron chi connectivity index (χ0n) is 15.2. The van der Waals surface area contributed by atoms with Crippen LogP contribution in [0.25, 0.3) is 0 Å². The van der Waals surface area contributed by atoms with Crippen LogP contribution in [0.2, 0.25) is 10.0 Å². The Morgan fingerprint density at radius 3 is 2.62 bits per heavy atom. The van der Waals surface area contributed by atoms with Gasteiger partial charge in [0.15, 0.2) is 11.9 Å². The van der Waals surface area contributed by atoms with Crippen molar-refractivity contribution in [2.24, 2.45) is 0 Å². The third-order valence-electron chi connectivity index (χ3n) is 3.79. The predicted molar refractivity (Wildman–Crippen MR) is 112 cm³/mol. The molecule has 0 bridgehead atoms. The van der Waals surface area contributed by atoms with Crippen LogP contribution < -0.4 is 15.4 Å². The number of hydrogen-bond donors (Lipinski definition) is 2. The Hall–Kier alpha value is -3.16. The van der Waals surface area contributed by atoms with Crippen molar-refractivity contribution in [3.8, 4) is 5.75 Å². The summed E-state index contributed by atoms with van der Waals surface area (Å²) in [6.45, 7) is 1.58. The molecule has 9 heteroatoms. The SMILES string of the molecule is CC(Oc1cccc(Cl)c1Cl)C(=O)Nc1cccc(C(=O)Nc2cnccn2)c1. The van der Waals surface area contributed by atoms with Crippen molar-refractivity contribution in [1.29, 1.82) is 0 Å². The lowest BCUT2D eigenvalue weighted by Crippen LogP contribution is -2.30. The number of halogens is 2. The molecule has 1 atom stereocenters. The van der Waals surface area contributed by atoms with E-state index in [-0.39, 0.29) is 10.9 Å². The Labute approximate surface area is 177 Å². The highest BCUT2D eigenvalue weighted by molar-refractivity contribution is 6.42. The summed E-state index contributed by atoms with van der Waals surface area (Å²) >= 11 is 12.0. The number of amides is 2. The second kappa shape index (κ2) is 9.36. The molecule has 0 saturated carbocycles. The van der Waals surface area contributed by atoms with Crippen molar-refractivity contribution in [1.82, 2.24) is 9.97 Å². The lowest BCUT2D eigenvalue weighted by molar-refractivity contribution is -0.122. The molecular weight excluding hydrogens is 415 g/mol. The molecule has 7 nitrogen and oxygen atoms in total. The van der Waals surface area contributed by atoms with Gasteiger partial charge in [-0.2, -0.15) is 0 Å². The largest absolute Gasteiger partial charge is 0.479 e. The molecule has 3 aromatic rings. The van der Waals surface area contributed by atoms with E-state index < -0.39 is 12.0 Å². The number of anilines is 2. The summed E-state index contributed by atoms with van der Waals surface area (Å²) in [5, 5.41) is 5.90. The van der Waals surface area contributed by atoms with Crippen LogP contribution in [0.15, 0.2) is 61.1 Å². The van der Waals surface area contributed by atoms with E-state index in [1.54, 1.807) is 49.4 Å². The minimum Gasteiger partial charge on any atom is -0.479 e. The zero-order valence-corrected chi connectivity index (χ0v) is 16.7. The number of aromatic nitrogens is 2. The first-order chi connectivity index (χ1) is 13.9. The number of ether oxygens (including phenoxy) is 1. The van der Waals surface area contributed by atoms with E-state index in [9.17, 15) is 9.59 Å². The van der Waals surface area contributed by atoms with Crippen LogP contribution in [0.3, 0.4) is 0 Å². The van der Waals surface area contributed by atoms with Gasteiger partial charge in [0.1, 0.15) is 10.8 Å². The number of benzene rings is 2. The summed E-state index contributed by atoms with van der Waals surface area (Å²) < 4.78 is 5.59. The average molecular weight is 431 g/mol. The molecule has 0 aliphatic carbocycles. The van der Waals surface area contributed by atoms with Crippen LogP contribution in [0.4, 0.5) is 11.5 Å². The van der Waals surface area contributed by atoms with Crippen molar-refractivity contribution in [2.75, 3.05) is 10.6 Å². The highest BCUT2D eigenvalue weighted by Crippen LogP contribution is 2.32. The Bertz CT molecular complexity index is 1030. The molecule has 0 saturated heterocycles. The number of rotatable bonds is 6. The second-order valence-corrected chi connectivity index (χ2v) is 6.71. The number of nitrogens with zero attached hydrogens (tertiary/aromatic N) is 2. The molecule has 2 amide bonds. The van der Waals surface area contributed by atoms with E-state index in [2.05, 4.69) is 20.6 Å². The van der Waals surface area contributed by atoms with Gasteiger partial charge in [0.05, 0.1) is 11.2 Å². The minimum absolute atomic E-state index is 0.233. The second-order valence-electron chi connectivity index (χ2n) is 5.93. The number of carbonyl (C=O) groups excluding carboxylic acids is 2. The summed E-state index contributed by atoms with van der Waals surface area (Å²) in [6, 6.07) is 11.4. The lowest BCUT2D eigenvalue weighted by Gasteiger charge is -2.16. The molecule has 3 rings (SSSR count). The van der Waals surface area contributed by atoms with E-state index >= 15 is 0 Å². The van der Waals surface area contributed by atoms with Crippen molar-refractivity contribution in [2.45, 2.75) is 13.0 Å². The Morgan fingerprint density at radius 2 is 1.86 bits per heavy atom. The molecule has 148 valence electrons. The number of nitrogens with one attached hydrogen (secondary N) is 2. The van der Waals surface area contributed by atoms with Crippen LogP contribution in [-0.2, 0) is 4.79 Å². The third-order valence-corrected chi connectivity index (χ3v) is 4.59. The first-order valence-corrected chi connectivity index (χ1v) is 9.28. The normalized spacial score (nSPS) is 11.4. The van der Waals surface area contributed by atoms with Gasteiger partial charge in [-0.1, -0.05) is 35.3 Å². The van der Waals surface area contributed by atoms with E-state index in [4.69, 9.17) is 27.9 Å². The fraction of sp³-hybridized carbons (Fsp3) is 0.100. The fourth-order valence-electron chi connectivity index (χ4n) is 2.35. The maximum absolute atomic E-state index is 12.5. The number of hydrogen-bond acceptors (Lipinski definition) is 5. The summed E-state index contributed by atoms with van der Waals surface area (Å²) in [7, 11) is 0. The summed E-state index contributed by atoms with van der Waals surface area (Å²) in [5.74, 6) is -0.157. The van der Waals surface area contributed by atoms with Crippen LogP contribution in [0.1, 0.15) is 17.3 Å². The van der Waals surface area contributed by atoms with Crippen molar-refractivity contribution >= 4 is 46.5 Å². The topological polar surface area (TPSA) is 93.2 Å². The first kappa shape index (κ1) is 20.6. The van der Waals surface area contributed by atoms with E-state index in [1.807, 2.05) is 0 Å². The highest BCUT2D eigenvalue weighted by atomic mass is 35.5. The van der Waals surface area contributed by atoms with Gasteiger partial charge in [0.2, 0.25) is 0 Å². The Kier molecular flexibility index (Phi) is 6.64. The third kappa shape index (κ3) is 5.43. The molecule has 2 N–H and O–H groups in total. The summed E-state index contributed by atoms with van der Waals surface area (Å²) in [6.07, 6.45) is 3.57. The molecule has 0 radical (unpaired) electrons. The molecule has 1 heterocycles. The van der Waals surface area contributed by atoms with Gasteiger partial charge in [-0.25, -0.2) is 4.98 Å². The molecule has 2 aromatic carbocycles. The van der Waals surface area contributed by atoms with E-state index in [1.165, 1.54) is 18.6 Å². The monoisotopic (exact) mass is 430 g/mol. The maximum atomic E-state index is 12.5. The first-order valence-electron chi connectivity index (χ1n) is 8.53. The molecule has 29 heavy (non-hydrogen) atoms. The van der Waals surface area contributed by atoms with Crippen LogP contribution in [-0.4, -0.2) is 27.9 Å². The highest BCUT2D eigenvalue weighted by Gasteiger charge is 2.18. The van der Waals surface area contributed by atoms with Crippen molar-refractivity contribution in [3.63, 3.8) is 0 Å². The minimum atomic E-state index is -0.844. The molecule has 1 aromatic heterocycles. The average Bonchev–Trinajstić information content (AvgIpc) is 2.72. The van der Waals surface area contributed by atoms with Gasteiger partial charge in [-0.15, -0.1) is 0 Å². The molecule has 1 unspecified atom stereocenters. The van der Waals surface area contributed by atoms with Gasteiger partial charge >= 0.3 is 0 Å². The molecule has 0 aliphatic rings. The van der Waals surface area contributed by atoms with Gasteiger partial charge in [0.25, 0.3) is 11.8 Å². The number of carbonyl (C=O) groups is 2. The van der Waals surface area contributed by atoms with E-state index in [0.717, 1.165) is 0 Å². The van der Waals surface area contributed by atoms with E-state index in [0.29, 0.717) is 27.8 Å². The van der Waals surface area contributed by atoms with Gasteiger partial charge < -0.3 is 15.4 Å². The van der Waals surface area contributed by atoms with Crippen molar-refractivity contribution in [3.05, 3.63) is 76.7 Å². The predicted octanol–water partition coefficient (Wildman–Crippen LogP) is 4.44. The van der Waals surface area contributed by atoms with Crippen molar-refractivity contribution < 1.29 is 14.3 Å². The summed E-state index contributed by atoms with van der Waals surface area (Å²) in [5.41, 5.74) is 0.786. The summed E-state index contributed by atoms with van der Waals surface area (Å²) in [4.78, 5) is 32.7. The van der Waals surface area contributed by atoms with Gasteiger partial charge in [0, 0.05) is 23.6 Å². The van der Waals surface area contributed by atoms with Crippen LogP contribution in [0.5, 0.6) is 5.75 Å². The molecule has 0 spiro atoms. The lowest BCUT2D eigenvalue weighted by atomic mass is 10.2. The van der Waals surface area contributed by atoms with Gasteiger partial charge in [-0.3, -0.25) is 14.6 Å². The van der Waals surface area contributed by atoms with Crippen LogP contribution in [0, 0.1) is 0 Å².